The number of hydrogen-bond donors (Lipinski definition) is 0. The average molecular weight is 830 g/mol. The first kappa shape index (κ1) is 42.5. The number of ether oxygens (including phenoxy) is 5. The molecule has 310 valence electrons. The molecule has 1 saturated heterocycles. The zero-order chi connectivity index (χ0) is 42.7. The predicted octanol–water partition coefficient (Wildman–Crippen LogP) is 6.10. The normalized spacial score (nSPS) is 17.0. The number of nitrogens with zero attached hydrogens (tertiary/aromatic N) is 3. The highest BCUT2D eigenvalue weighted by molar-refractivity contribution is 7.87. The van der Waals surface area contributed by atoms with E-state index in [0.717, 1.165) is 16.7 Å². The van der Waals surface area contributed by atoms with Crippen molar-refractivity contribution in [3.05, 3.63) is 163 Å². The Balaban J connectivity index is 1.48. The van der Waals surface area contributed by atoms with Gasteiger partial charge in [-0.15, -0.1) is 0 Å². The molecule has 0 spiro atoms. The van der Waals surface area contributed by atoms with E-state index in [1.807, 2.05) is 54.6 Å². The summed E-state index contributed by atoms with van der Waals surface area (Å²) in [5.74, 6) is 1.16. The average Bonchev–Trinajstić information content (AvgIpc) is 3.60. The molecule has 6 rings (SSSR count). The minimum atomic E-state index is -4.87. The zero-order valence-corrected chi connectivity index (χ0v) is 33.9. The lowest BCUT2D eigenvalue weighted by atomic mass is 9.80. The van der Waals surface area contributed by atoms with Crippen molar-refractivity contribution in [2.45, 2.75) is 68.6 Å². The van der Waals surface area contributed by atoms with E-state index < -0.39 is 72.6 Å². The number of methoxy groups -OCH3 is 2. The largest absolute Gasteiger partial charge is 0.497 e. The molecule has 0 N–H and O–H groups in total. The lowest BCUT2D eigenvalue weighted by molar-refractivity contribution is -0.387. The van der Waals surface area contributed by atoms with Crippen molar-refractivity contribution in [3.8, 4) is 11.5 Å². The SMILES string of the molecule is COc1ccc(C(OCC2OC(n3cc(C)c(=O)n(C(=O)OC(C)(C)C)c3=O)CC2OS(=O)(=O)c2ccccc2[N+](=O)[O-])(c2ccccc2)c2ccc(OC)cc2)cc1. The van der Waals surface area contributed by atoms with Crippen molar-refractivity contribution < 1.29 is 46.0 Å². The smallest absolute Gasteiger partial charge is 0.425 e. The van der Waals surface area contributed by atoms with Crippen molar-refractivity contribution in [2.24, 2.45) is 0 Å². The fraction of sp³-hybridized carbons (Fsp3) is 0.310. The summed E-state index contributed by atoms with van der Waals surface area (Å²) in [5.41, 5.74) is -3.27. The summed E-state index contributed by atoms with van der Waals surface area (Å²) in [5, 5.41) is 11.9. The second-order valence-electron chi connectivity index (χ2n) is 14.6. The fourth-order valence-corrected chi connectivity index (χ4v) is 8.09. The van der Waals surface area contributed by atoms with Crippen molar-refractivity contribution in [1.29, 1.82) is 0 Å². The highest BCUT2D eigenvalue weighted by Crippen LogP contribution is 2.43. The monoisotopic (exact) mass is 829 g/mol. The van der Waals surface area contributed by atoms with Gasteiger partial charge in [-0.05, 0) is 74.7 Å². The molecule has 16 nitrogen and oxygen atoms in total. The molecule has 1 aromatic heterocycles. The van der Waals surface area contributed by atoms with Gasteiger partial charge < -0.3 is 23.7 Å². The molecule has 5 aromatic rings. The van der Waals surface area contributed by atoms with E-state index in [1.165, 1.54) is 39.5 Å². The van der Waals surface area contributed by atoms with Crippen LogP contribution in [0, 0.1) is 17.0 Å². The maximum absolute atomic E-state index is 13.9. The number of carbonyl (C=O) groups is 1. The second-order valence-corrected chi connectivity index (χ2v) is 16.2. The van der Waals surface area contributed by atoms with Crippen LogP contribution in [0.3, 0.4) is 0 Å². The maximum Gasteiger partial charge on any atom is 0.425 e. The molecule has 0 radical (unpaired) electrons. The summed E-state index contributed by atoms with van der Waals surface area (Å²) in [4.78, 5) is 50.6. The van der Waals surface area contributed by atoms with Crippen LogP contribution in [-0.2, 0) is 34.1 Å². The molecule has 0 aliphatic carbocycles. The molecule has 3 atom stereocenters. The highest BCUT2D eigenvalue weighted by Gasteiger charge is 2.45. The second kappa shape index (κ2) is 17.0. The molecule has 1 aliphatic rings. The Morgan fingerprint density at radius 1 is 0.847 bits per heavy atom. The van der Waals surface area contributed by atoms with E-state index in [4.69, 9.17) is 27.9 Å². The minimum Gasteiger partial charge on any atom is -0.497 e. The van der Waals surface area contributed by atoms with Crippen LogP contribution in [0.25, 0.3) is 0 Å². The van der Waals surface area contributed by atoms with Gasteiger partial charge in [0.05, 0.1) is 25.7 Å². The Labute approximate surface area is 339 Å². The number of aromatic nitrogens is 2. The van der Waals surface area contributed by atoms with Crippen LogP contribution >= 0.6 is 0 Å². The summed E-state index contributed by atoms with van der Waals surface area (Å²) < 4.78 is 64.5. The molecule has 4 aromatic carbocycles. The Morgan fingerprint density at radius 2 is 1.39 bits per heavy atom. The topological polar surface area (TPSA) is 194 Å². The Bertz CT molecular complexity index is 2500. The molecule has 17 heteroatoms. The minimum absolute atomic E-state index is 0.0223. The Kier molecular flexibility index (Phi) is 12.2. The van der Waals surface area contributed by atoms with Crippen LogP contribution in [0.4, 0.5) is 10.5 Å². The van der Waals surface area contributed by atoms with Gasteiger partial charge in [0.15, 0.2) is 4.90 Å². The van der Waals surface area contributed by atoms with E-state index >= 15 is 0 Å². The third-order valence-electron chi connectivity index (χ3n) is 9.57. The van der Waals surface area contributed by atoms with Crippen LogP contribution in [0.15, 0.2) is 124 Å². The number of rotatable bonds is 13. The number of carbonyl (C=O) groups excluding carboxylic acids is 1. The molecular weight excluding hydrogens is 787 g/mol. The first-order valence-electron chi connectivity index (χ1n) is 18.4. The Hall–Kier alpha value is -6.14. The number of aryl methyl sites for hydroxylation is 1. The van der Waals surface area contributed by atoms with E-state index in [1.54, 1.807) is 45.0 Å². The van der Waals surface area contributed by atoms with Gasteiger partial charge in [0, 0.05) is 24.2 Å². The van der Waals surface area contributed by atoms with Gasteiger partial charge in [-0.2, -0.15) is 13.0 Å². The highest BCUT2D eigenvalue weighted by atomic mass is 32.2. The van der Waals surface area contributed by atoms with Crippen LogP contribution < -0.4 is 20.7 Å². The van der Waals surface area contributed by atoms with Gasteiger partial charge in [-0.1, -0.05) is 66.7 Å². The fourth-order valence-electron chi connectivity index (χ4n) is 6.81. The molecular formula is C42H43N3O13S. The van der Waals surface area contributed by atoms with E-state index in [0.29, 0.717) is 32.8 Å². The number of benzene rings is 4. The molecule has 0 amide bonds. The number of nitro groups is 1. The van der Waals surface area contributed by atoms with Gasteiger partial charge in [-0.25, -0.2) is 9.59 Å². The Morgan fingerprint density at radius 3 is 1.93 bits per heavy atom. The van der Waals surface area contributed by atoms with Crippen molar-refractivity contribution in [2.75, 3.05) is 20.8 Å². The van der Waals surface area contributed by atoms with E-state index in [-0.39, 0.29) is 18.6 Å². The zero-order valence-electron chi connectivity index (χ0n) is 33.1. The first-order valence-corrected chi connectivity index (χ1v) is 19.8. The molecule has 0 bridgehead atoms. The lowest BCUT2D eigenvalue weighted by Crippen LogP contribution is -2.47. The summed E-state index contributed by atoms with van der Waals surface area (Å²) in [7, 11) is -1.79. The summed E-state index contributed by atoms with van der Waals surface area (Å²) in [6, 6.07) is 28.3. The van der Waals surface area contributed by atoms with Crippen LogP contribution in [0.5, 0.6) is 11.5 Å². The van der Waals surface area contributed by atoms with Gasteiger partial charge in [0.1, 0.15) is 41.1 Å². The molecule has 59 heavy (non-hydrogen) atoms. The molecule has 1 aliphatic heterocycles. The molecule has 3 unspecified atom stereocenters. The van der Waals surface area contributed by atoms with Gasteiger partial charge in [0.25, 0.3) is 11.2 Å². The number of para-hydroxylation sites is 1. The van der Waals surface area contributed by atoms with Crippen molar-refractivity contribution in [3.63, 3.8) is 0 Å². The third kappa shape index (κ3) is 8.83. The first-order chi connectivity index (χ1) is 28.0. The quantitative estimate of drug-likeness (QED) is 0.0573. The molecule has 1 fully saturated rings. The van der Waals surface area contributed by atoms with Gasteiger partial charge in [-0.3, -0.25) is 23.7 Å². The third-order valence-corrected chi connectivity index (χ3v) is 11.0. The number of nitro benzene ring substituents is 1. The maximum atomic E-state index is 13.9. The van der Waals surface area contributed by atoms with Crippen LogP contribution in [0.2, 0.25) is 0 Å². The van der Waals surface area contributed by atoms with E-state index in [2.05, 4.69) is 0 Å². The predicted molar refractivity (Wildman–Crippen MR) is 213 cm³/mol. The van der Waals surface area contributed by atoms with Gasteiger partial charge >= 0.3 is 21.9 Å². The summed E-state index contributed by atoms with van der Waals surface area (Å²) >= 11 is 0. The van der Waals surface area contributed by atoms with Crippen LogP contribution in [0.1, 0.15) is 55.7 Å². The lowest BCUT2D eigenvalue weighted by Gasteiger charge is -2.37. The molecule has 2 heterocycles. The summed E-state index contributed by atoms with van der Waals surface area (Å²) in [6.07, 6.45) is -4.42. The van der Waals surface area contributed by atoms with Gasteiger partial charge in [0.2, 0.25) is 0 Å². The van der Waals surface area contributed by atoms with Crippen LogP contribution in [-0.4, -0.2) is 67.2 Å². The standard InChI is InChI=1S/C42H43N3O13S/c1-27-25-43(39(47)44(38(27)46)40(48)57-41(2,3)4)37-24-34(58-59(51,52)36-15-11-10-14-33(36)45(49)50)35(56-37)26-55-42(28-12-8-7-9-13-28,29-16-20-31(53-5)21-17-29)30-18-22-32(54-6)23-19-30/h7-23,25,34-35,37H,24,26H2,1-6H3. The molecule has 0 saturated carbocycles. The van der Waals surface area contributed by atoms with Crippen molar-refractivity contribution in [1.82, 2.24) is 9.13 Å². The van der Waals surface area contributed by atoms with E-state index in [9.17, 15) is 32.9 Å². The number of hydrogen-bond acceptors (Lipinski definition) is 13. The van der Waals surface area contributed by atoms with Crippen molar-refractivity contribution >= 4 is 21.9 Å². The summed E-state index contributed by atoms with van der Waals surface area (Å²) in [6.45, 7) is 5.71.